The molecule has 1 aliphatic heterocycles. The summed E-state index contributed by atoms with van der Waals surface area (Å²) in [5.74, 6) is -0.601. The first kappa shape index (κ1) is 10.7. The third-order valence-electron chi connectivity index (χ3n) is 1.64. The van der Waals surface area contributed by atoms with Crippen molar-refractivity contribution in [2.24, 2.45) is 0 Å². The third kappa shape index (κ3) is 2.53. The Balaban J connectivity index is 0.000000245. The molecule has 0 aliphatic carbocycles. The molecule has 1 heterocycles. The van der Waals surface area contributed by atoms with Gasteiger partial charge < -0.3 is 10.2 Å². The summed E-state index contributed by atoms with van der Waals surface area (Å²) in [5, 5.41) is 16.1. The molecule has 0 saturated carbocycles. The Morgan fingerprint density at radius 3 is 1.67 bits per heavy atom. The number of rotatable bonds is 0. The molecule has 3 N–H and O–H groups in total. The summed E-state index contributed by atoms with van der Waals surface area (Å²) >= 11 is 0. The van der Waals surface area contributed by atoms with Gasteiger partial charge in [0, 0.05) is 0 Å². The van der Waals surface area contributed by atoms with Crippen LogP contribution in [0.15, 0.2) is 24.3 Å². The first-order valence-electron chi connectivity index (χ1n) is 3.89. The number of carbonyl (C=O) groups is 3. The second-order valence-corrected chi connectivity index (χ2v) is 2.61. The van der Waals surface area contributed by atoms with Gasteiger partial charge in [-0.05, 0) is 12.1 Å². The summed E-state index contributed by atoms with van der Waals surface area (Å²) in [4.78, 5) is 30.4. The normalized spacial score (nSPS) is 12.3. The molecule has 2 rings (SSSR count). The second-order valence-electron chi connectivity index (χ2n) is 2.61. The average molecular weight is 209 g/mol. The molecule has 1 aromatic carbocycles. The first-order chi connectivity index (χ1) is 7.02. The number of fused-ring (bicyclic) bond motifs is 1. The summed E-state index contributed by atoms with van der Waals surface area (Å²) in [6.45, 7) is 0. The van der Waals surface area contributed by atoms with Gasteiger partial charge in [-0.25, -0.2) is 4.79 Å². The van der Waals surface area contributed by atoms with Crippen LogP contribution in [-0.4, -0.2) is 28.2 Å². The predicted molar refractivity (Wildman–Crippen MR) is 48.9 cm³/mol. The SMILES string of the molecule is O=C(O)O.O=C1NC(=O)c2ccccc21. The van der Waals surface area contributed by atoms with E-state index in [1.54, 1.807) is 24.3 Å². The zero-order chi connectivity index (χ0) is 11.4. The maximum Gasteiger partial charge on any atom is 0.503 e. The highest BCUT2D eigenvalue weighted by atomic mass is 16.6. The Morgan fingerprint density at radius 2 is 1.33 bits per heavy atom. The monoisotopic (exact) mass is 209 g/mol. The molecular weight excluding hydrogens is 202 g/mol. The van der Waals surface area contributed by atoms with Crippen LogP contribution in [0.25, 0.3) is 0 Å². The number of amides is 2. The van der Waals surface area contributed by atoms with Gasteiger partial charge in [-0.15, -0.1) is 0 Å². The Morgan fingerprint density at radius 1 is 1.00 bits per heavy atom. The van der Waals surface area contributed by atoms with Crippen LogP contribution in [-0.2, 0) is 0 Å². The van der Waals surface area contributed by atoms with E-state index in [0.29, 0.717) is 11.1 Å². The first-order valence-corrected chi connectivity index (χ1v) is 3.89. The molecule has 0 bridgehead atoms. The number of benzene rings is 1. The lowest BCUT2D eigenvalue weighted by Crippen LogP contribution is -2.19. The summed E-state index contributed by atoms with van der Waals surface area (Å²) in [6, 6.07) is 6.74. The molecule has 0 unspecified atom stereocenters. The van der Waals surface area contributed by atoms with Crippen molar-refractivity contribution in [3.05, 3.63) is 35.4 Å². The Bertz CT molecular complexity index is 389. The van der Waals surface area contributed by atoms with Gasteiger partial charge in [0.25, 0.3) is 11.8 Å². The van der Waals surface area contributed by atoms with Crippen molar-refractivity contribution in [2.45, 2.75) is 0 Å². The molecule has 0 aromatic heterocycles. The smallest absolute Gasteiger partial charge is 0.450 e. The lowest BCUT2D eigenvalue weighted by molar-refractivity contribution is 0.0879. The zero-order valence-electron chi connectivity index (χ0n) is 7.43. The standard InChI is InChI=1S/C8H5NO2.CH2O3/c10-7-5-3-1-2-4-6(5)8(11)9-7;2-1(3)4/h1-4H,(H,9,10,11);(H2,2,3,4). The van der Waals surface area contributed by atoms with Gasteiger partial charge >= 0.3 is 6.16 Å². The fourth-order valence-corrected chi connectivity index (χ4v) is 1.12. The molecule has 15 heavy (non-hydrogen) atoms. The molecule has 6 nitrogen and oxygen atoms in total. The van der Waals surface area contributed by atoms with Crippen molar-refractivity contribution in [3.63, 3.8) is 0 Å². The van der Waals surface area contributed by atoms with Crippen LogP contribution in [0.3, 0.4) is 0 Å². The van der Waals surface area contributed by atoms with E-state index in [0.717, 1.165) is 0 Å². The van der Waals surface area contributed by atoms with Crippen LogP contribution >= 0.6 is 0 Å². The van der Waals surface area contributed by atoms with Gasteiger partial charge in [-0.3, -0.25) is 14.9 Å². The Kier molecular flexibility index (Phi) is 3.02. The van der Waals surface area contributed by atoms with E-state index in [1.807, 2.05) is 0 Å². The zero-order valence-corrected chi connectivity index (χ0v) is 7.43. The molecule has 6 heteroatoms. The molecule has 0 atom stereocenters. The minimum atomic E-state index is -1.83. The minimum Gasteiger partial charge on any atom is -0.450 e. The summed E-state index contributed by atoms with van der Waals surface area (Å²) in [7, 11) is 0. The molecule has 2 amide bonds. The highest BCUT2D eigenvalue weighted by molar-refractivity contribution is 6.21. The van der Waals surface area contributed by atoms with E-state index in [4.69, 9.17) is 15.0 Å². The average Bonchev–Trinajstić information content (AvgIpc) is 2.43. The van der Waals surface area contributed by atoms with Crippen molar-refractivity contribution in [1.82, 2.24) is 5.32 Å². The van der Waals surface area contributed by atoms with Crippen molar-refractivity contribution in [2.75, 3.05) is 0 Å². The van der Waals surface area contributed by atoms with Crippen molar-refractivity contribution < 1.29 is 24.6 Å². The summed E-state index contributed by atoms with van der Waals surface area (Å²) in [6.07, 6.45) is -1.83. The Labute approximate surface area is 84.1 Å². The number of hydrogen-bond acceptors (Lipinski definition) is 3. The number of carboxylic acid groups (broad SMARTS) is 2. The molecule has 1 aromatic rings. The van der Waals surface area contributed by atoms with Gasteiger partial charge in [0.15, 0.2) is 0 Å². The van der Waals surface area contributed by atoms with E-state index < -0.39 is 6.16 Å². The molecule has 0 radical (unpaired) electrons. The number of hydrogen-bond donors (Lipinski definition) is 3. The van der Waals surface area contributed by atoms with Gasteiger partial charge in [0.2, 0.25) is 0 Å². The highest BCUT2D eigenvalue weighted by Gasteiger charge is 2.25. The van der Waals surface area contributed by atoms with E-state index in [1.165, 1.54) is 0 Å². The predicted octanol–water partition coefficient (Wildman–Crippen LogP) is 0.793. The molecule has 1 aliphatic rings. The van der Waals surface area contributed by atoms with Crippen LogP contribution in [0.5, 0.6) is 0 Å². The van der Waals surface area contributed by atoms with Gasteiger partial charge in [-0.1, -0.05) is 12.1 Å². The van der Waals surface area contributed by atoms with Gasteiger partial charge in [0.05, 0.1) is 11.1 Å². The van der Waals surface area contributed by atoms with Crippen molar-refractivity contribution in [1.29, 1.82) is 0 Å². The second kappa shape index (κ2) is 4.23. The van der Waals surface area contributed by atoms with Crippen LogP contribution in [0.4, 0.5) is 4.79 Å². The molecule has 0 spiro atoms. The molecular formula is C9H7NO5. The lowest BCUT2D eigenvalue weighted by Gasteiger charge is -1.88. The minimum absolute atomic E-state index is 0.300. The van der Waals surface area contributed by atoms with E-state index in [9.17, 15) is 9.59 Å². The van der Waals surface area contributed by atoms with E-state index >= 15 is 0 Å². The number of carbonyl (C=O) groups excluding carboxylic acids is 2. The summed E-state index contributed by atoms with van der Waals surface area (Å²) < 4.78 is 0. The van der Waals surface area contributed by atoms with Crippen molar-refractivity contribution >= 4 is 18.0 Å². The maximum absolute atomic E-state index is 10.9. The fraction of sp³-hybridized carbons (Fsp3) is 0. The molecule has 0 saturated heterocycles. The molecule has 0 fully saturated rings. The Hall–Kier alpha value is -2.37. The van der Waals surface area contributed by atoms with E-state index in [-0.39, 0.29) is 11.8 Å². The van der Waals surface area contributed by atoms with Crippen LogP contribution in [0, 0.1) is 0 Å². The fourth-order valence-electron chi connectivity index (χ4n) is 1.12. The topological polar surface area (TPSA) is 104 Å². The van der Waals surface area contributed by atoms with E-state index in [2.05, 4.69) is 5.32 Å². The van der Waals surface area contributed by atoms with Crippen LogP contribution in [0.1, 0.15) is 20.7 Å². The lowest BCUT2D eigenvalue weighted by atomic mass is 10.1. The third-order valence-corrected chi connectivity index (χ3v) is 1.64. The van der Waals surface area contributed by atoms with Gasteiger partial charge in [0.1, 0.15) is 0 Å². The maximum atomic E-state index is 10.9. The number of nitrogens with one attached hydrogen (secondary N) is 1. The highest BCUT2D eigenvalue weighted by Crippen LogP contribution is 2.13. The van der Waals surface area contributed by atoms with Gasteiger partial charge in [-0.2, -0.15) is 0 Å². The quantitative estimate of drug-likeness (QED) is 0.548. The number of imide groups is 1. The van der Waals surface area contributed by atoms with Crippen LogP contribution in [0.2, 0.25) is 0 Å². The summed E-state index contributed by atoms with van der Waals surface area (Å²) in [5.41, 5.74) is 0.940. The van der Waals surface area contributed by atoms with Crippen molar-refractivity contribution in [3.8, 4) is 0 Å². The largest absolute Gasteiger partial charge is 0.503 e. The molecule has 78 valence electrons. The van der Waals surface area contributed by atoms with Crippen LogP contribution < -0.4 is 5.32 Å².